The number of amidine groups is 1. The molecule has 180 valence electrons. The zero-order valence-corrected chi connectivity index (χ0v) is 20.4. The molecule has 3 N–H and O–H groups in total. The topological polar surface area (TPSA) is 116 Å². The Bertz CT molecular complexity index is 1260. The van der Waals surface area contributed by atoms with Crippen molar-refractivity contribution in [3.63, 3.8) is 0 Å². The average Bonchev–Trinajstić information content (AvgIpc) is 3.34. The largest absolute Gasteiger partial charge is 0.346 e. The first-order chi connectivity index (χ1) is 16.3. The van der Waals surface area contributed by atoms with Gasteiger partial charge in [0.15, 0.2) is 0 Å². The molecule has 0 saturated carbocycles. The molecule has 8 nitrogen and oxygen atoms in total. The number of hydrogen-bond acceptors (Lipinski definition) is 5. The van der Waals surface area contributed by atoms with Crippen LogP contribution in [0.25, 0.3) is 11.0 Å². The molecular formula is C25H31N5O3S. The van der Waals surface area contributed by atoms with E-state index in [-0.39, 0.29) is 16.8 Å². The number of aromatic nitrogens is 2. The first kappa shape index (κ1) is 23.9. The van der Waals surface area contributed by atoms with Crippen molar-refractivity contribution in [1.29, 1.82) is 0 Å². The number of H-pyrrole nitrogens is 1. The minimum Gasteiger partial charge on any atom is -0.346 e. The first-order valence-corrected chi connectivity index (χ1v) is 13.2. The minimum atomic E-state index is -3.51. The molecule has 0 fully saturated rings. The van der Waals surface area contributed by atoms with Crippen molar-refractivity contribution in [3.8, 4) is 0 Å². The van der Waals surface area contributed by atoms with Gasteiger partial charge in [-0.1, -0.05) is 44.5 Å². The maximum atomic E-state index is 12.6. The molecular weight excluding hydrogens is 450 g/mol. The van der Waals surface area contributed by atoms with E-state index >= 15 is 0 Å². The molecule has 2 heterocycles. The number of aromatic amines is 1. The van der Waals surface area contributed by atoms with Crippen molar-refractivity contribution in [2.24, 2.45) is 10.9 Å². The SMILES string of the molecule is CC(C)CC(NC(=O)CCCCCN=C1NS(=O)(=O)c2ccccc21)c1nc2ccccc2[nH]1. The summed E-state index contributed by atoms with van der Waals surface area (Å²) in [5, 5.41) is 3.14. The standard InChI is InChI=1S/C25H31N5O3S/c1-17(2)16-21(25-28-19-11-6-7-12-20(19)29-25)27-23(31)14-4-3-9-15-26-24-18-10-5-8-13-22(18)34(32,33)30-24/h5-8,10-13,17,21H,3-4,9,14-16H2,1-2H3,(H,26,30)(H,27,31)(H,28,29). The zero-order valence-electron chi connectivity index (χ0n) is 19.5. The molecule has 1 unspecified atom stereocenters. The van der Waals surface area contributed by atoms with Crippen molar-refractivity contribution in [2.45, 2.75) is 56.9 Å². The number of benzene rings is 2. The highest BCUT2D eigenvalue weighted by Gasteiger charge is 2.29. The lowest BCUT2D eigenvalue weighted by atomic mass is 10.0. The van der Waals surface area contributed by atoms with Crippen LogP contribution in [0.5, 0.6) is 0 Å². The van der Waals surface area contributed by atoms with Crippen molar-refractivity contribution in [1.82, 2.24) is 20.0 Å². The van der Waals surface area contributed by atoms with Crippen molar-refractivity contribution >= 4 is 32.8 Å². The van der Waals surface area contributed by atoms with Gasteiger partial charge in [0.25, 0.3) is 10.0 Å². The molecule has 0 saturated heterocycles. The van der Waals surface area contributed by atoms with Crippen LogP contribution in [-0.4, -0.2) is 36.7 Å². The van der Waals surface area contributed by atoms with Crippen LogP contribution in [0, 0.1) is 5.92 Å². The smallest absolute Gasteiger partial charge is 0.263 e. The highest BCUT2D eigenvalue weighted by Crippen LogP contribution is 2.23. The third kappa shape index (κ3) is 5.64. The number of aliphatic imine (C=N–C) groups is 1. The number of para-hydroxylation sites is 2. The maximum Gasteiger partial charge on any atom is 0.263 e. The predicted molar refractivity (Wildman–Crippen MR) is 133 cm³/mol. The van der Waals surface area contributed by atoms with Crippen LogP contribution in [0.2, 0.25) is 0 Å². The number of nitrogens with zero attached hydrogens (tertiary/aromatic N) is 2. The first-order valence-electron chi connectivity index (χ1n) is 11.7. The molecule has 1 aliphatic rings. The molecule has 9 heteroatoms. The monoisotopic (exact) mass is 481 g/mol. The Balaban J connectivity index is 1.25. The maximum absolute atomic E-state index is 12.6. The van der Waals surface area contributed by atoms with Crippen LogP contribution in [0.1, 0.15) is 63.4 Å². The van der Waals surface area contributed by atoms with Gasteiger partial charge in [-0.3, -0.25) is 14.5 Å². The number of unbranched alkanes of at least 4 members (excludes halogenated alkanes) is 2. The second-order valence-corrected chi connectivity index (χ2v) is 10.7. The Morgan fingerprint density at radius 1 is 1.06 bits per heavy atom. The minimum absolute atomic E-state index is 0.00917. The van der Waals surface area contributed by atoms with E-state index in [0.29, 0.717) is 30.3 Å². The number of sulfonamides is 1. The second-order valence-electron chi connectivity index (χ2n) is 9.03. The summed E-state index contributed by atoms with van der Waals surface area (Å²) in [6, 6.07) is 14.5. The van der Waals surface area contributed by atoms with E-state index in [1.54, 1.807) is 24.3 Å². The third-order valence-corrected chi connectivity index (χ3v) is 7.17. The predicted octanol–water partition coefficient (Wildman–Crippen LogP) is 4.07. The molecule has 1 aliphatic heterocycles. The van der Waals surface area contributed by atoms with Crippen molar-refractivity contribution < 1.29 is 13.2 Å². The summed E-state index contributed by atoms with van der Waals surface area (Å²) in [6.45, 7) is 4.76. The summed E-state index contributed by atoms with van der Waals surface area (Å²) in [5.41, 5.74) is 2.48. The number of fused-ring (bicyclic) bond motifs is 2. The Hall–Kier alpha value is -3.20. The molecule has 4 rings (SSSR count). The summed E-state index contributed by atoms with van der Waals surface area (Å²) in [5.74, 6) is 1.61. The van der Waals surface area contributed by atoms with Crippen molar-refractivity contribution in [2.75, 3.05) is 6.54 Å². The van der Waals surface area contributed by atoms with Gasteiger partial charge in [0.05, 0.1) is 22.0 Å². The summed E-state index contributed by atoms with van der Waals surface area (Å²) in [7, 11) is -3.51. The third-order valence-electron chi connectivity index (χ3n) is 5.77. The molecule has 1 aromatic heterocycles. The highest BCUT2D eigenvalue weighted by molar-refractivity contribution is 7.90. The van der Waals surface area contributed by atoms with Crippen LogP contribution in [0.15, 0.2) is 58.4 Å². The van der Waals surface area contributed by atoms with Crippen LogP contribution in [0.3, 0.4) is 0 Å². The van der Waals surface area contributed by atoms with Gasteiger partial charge >= 0.3 is 0 Å². The number of imidazole rings is 1. The lowest BCUT2D eigenvalue weighted by molar-refractivity contribution is -0.122. The van der Waals surface area contributed by atoms with E-state index in [1.165, 1.54) is 0 Å². The highest BCUT2D eigenvalue weighted by atomic mass is 32.2. The molecule has 2 aromatic carbocycles. The zero-order chi connectivity index (χ0) is 24.1. The van der Waals surface area contributed by atoms with Gasteiger partial charge in [0.2, 0.25) is 5.91 Å². The number of amides is 1. The van der Waals surface area contributed by atoms with Gasteiger partial charge in [0, 0.05) is 18.5 Å². The number of rotatable bonds is 10. The van der Waals surface area contributed by atoms with Gasteiger partial charge in [-0.2, -0.15) is 0 Å². The lowest BCUT2D eigenvalue weighted by Gasteiger charge is -2.18. The number of carbonyl (C=O) groups is 1. The number of carbonyl (C=O) groups excluding carboxylic acids is 1. The average molecular weight is 482 g/mol. The Morgan fingerprint density at radius 3 is 2.62 bits per heavy atom. The summed E-state index contributed by atoms with van der Waals surface area (Å²) in [4.78, 5) is 25.3. The fourth-order valence-electron chi connectivity index (χ4n) is 4.13. The normalized spacial score (nSPS) is 16.5. The molecule has 0 spiro atoms. The fraction of sp³-hybridized carbons (Fsp3) is 0.400. The van der Waals surface area contributed by atoms with Gasteiger partial charge in [-0.15, -0.1) is 0 Å². The van der Waals surface area contributed by atoms with Gasteiger partial charge in [-0.05, 0) is 49.4 Å². The molecule has 0 radical (unpaired) electrons. The van der Waals surface area contributed by atoms with Crippen molar-refractivity contribution in [3.05, 3.63) is 59.9 Å². The van der Waals surface area contributed by atoms with E-state index in [2.05, 4.69) is 38.8 Å². The number of nitrogens with one attached hydrogen (secondary N) is 3. The molecule has 3 aromatic rings. The van der Waals surface area contributed by atoms with Crippen LogP contribution in [0.4, 0.5) is 0 Å². The summed E-state index contributed by atoms with van der Waals surface area (Å²) < 4.78 is 26.8. The number of hydrogen-bond donors (Lipinski definition) is 3. The van der Waals surface area contributed by atoms with E-state index in [0.717, 1.165) is 42.5 Å². The van der Waals surface area contributed by atoms with E-state index < -0.39 is 10.0 Å². The quantitative estimate of drug-likeness (QED) is 0.379. The van der Waals surface area contributed by atoms with Crippen LogP contribution in [-0.2, 0) is 14.8 Å². The van der Waals surface area contributed by atoms with E-state index in [9.17, 15) is 13.2 Å². The lowest BCUT2D eigenvalue weighted by Crippen LogP contribution is -2.30. The Labute approximate surface area is 200 Å². The van der Waals surface area contributed by atoms with Crippen LogP contribution >= 0.6 is 0 Å². The molecule has 1 atom stereocenters. The Kier molecular flexibility index (Phi) is 7.31. The van der Waals surface area contributed by atoms with E-state index in [1.807, 2.05) is 24.3 Å². The van der Waals surface area contributed by atoms with E-state index in [4.69, 9.17) is 0 Å². The van der Waals surface area contributed by atoms with Gasteiger partial charge in [-0.25, -0.2) is 13.4 Å². The van der Waals surface area contributed by atoms with Crippen LogP contribution < -0.4 is 10.0 Å². The Morgan fingerprint density at radius 2 is 1.82 bits per heavy atom. The molecule has 34 heavy (non-hydrogen) atoms. The molecule has 1 amide bonds. The van der Waals surface area contributed by atoms with Gasteiger partial charge < -0.3 is 10.3 Å². The fourth-order valence-corrected chi connectivity index (χ4v) is 5.38. The second kappa shape index (κ2) is 10.4. The molecule has 0 aliphatic carbocycles. The van der Waals surface area contributed by atoms with Gasteiger partial charge in [0.1, 0.15) is 11.7 Å². The molecule has 0 bridgehead atoms. The summed E-state index contributed by atoms with van der Waals surface area (Å²) in [6.07, 6.45) is 3.59. The summed E-state index contributed by atoms with van der Waals surface area (Å²) >= 11 is 0.